The van der Waals surface area contributed by atoms with Crippen LogP contribution >= 0.6 is 23.2 Å². The van der Waals surface area contributed by atoms with Crippen LogP contribution in [0.3, 0.4) is 0 Å². The van der Waals surface area contributed by atoms with E-state index in [1.165, 1.54) is 0 Å². The molecular formula is C19H20Cl2N3O2+. The summed E-state index contributed by atoms with van der Waals surface area (Å²) in [5, 5.41) is 3.80. The molecular weight excluding hydrogens is 373 g/mol. The molecule has 1 aliphatic rings. The predicted molar refractivity (Wildman–Crippen MR) is 104 cm³/mol. The van der Waals surface area contributed by atoms with Gasteiger partial charge in [-0.2, -0.15) is 0 Å². The Hall–Kier alpha value is -2.08. The van der Waals surface area contributed by atoms with Crippen molar-refractivity contribution in [3.05, 3.63) is 58.1 Å². The van der Waals surface area contributed by atoms with E-state index >= 15 is 0 Å². The highest BCUT2D eigenvalue weighted by molar-refractivity contribution is 6.42. The van der Waals surface area contributed by atoms with Crippen LogP contribution in [-0.2, 0) is 16.1 Å². The highest BCUT2D eigenvalue weighted by Gasteiger charge is 2.33. The molecule has 0 aliphatic carbocycles. The predicted octanol–water partition coefficient (Wildman–Crippen LogP) is 2.38. The number of quaternary nitrogens is 1. The molecule has 2 aromatic rings. The summed E-state index contributed by atoms with van der Waals surface area (Å²) in [7, 11) is 1.95. The van der Waals surface area contributed by atoms with Gasteiger partial charge in [0.2, 0.25) is 5.91 Å². The molecule has 2 amide bonds. The number of rotatable bonds is 4. The lowest BCUT2D eigenvalue weighted by molar-refractivity contribution is -0.908. The molecule has 1 aliphatic heterocycles. The van der Waals surface area contributed by atoms with Gasteiger partial charge in [-0.15, -0.1) is 0 Å². The Kier molecular flexibility index (Phi) is 5.51. The summed E-state index contributed by atoms with van der Waals surface area (Å²) in [4.78, 5) is 27.5. The Morgan fingerprint density at radius 2 is 1.96 bits per heavy atom. The van der Waals surface area contributed by atoms with Crippen LogP contribution in [0, 0.1) is 0 Å². The standard InChI is InChI=1S/C19H19Cl2N3O2/c1-12(23(2)10-13-7-8-14(20)15(21)9-13)19(26)24-11-18(25)22-16-5-3-4-6-17(16)24/h3-9,12H,10-11H2,1-2H3,(H,22,25)/p+1/t12-/m1/s1. The Morgan fingerprint density at radius 3 is 2.69 bits per heavy atom. The SMILES string of the molecule is C[C@H](C(=O)N1CC(=O)Nc2ccccc21)[NH+](C)Cc1ccc(Cl)c(Cl)c1. The average molecular weight is 393 g/mol. The van der Waals surface area contributed by atoms with Crippen LogP contribution in [0.25, 0.3) is 0 Å². The van der Waals surface area contributed by atoms with Gasteiger partial charge < -0.3 is 10.2 Å². The van der Waals surface area contributed by atoms with Gasteiger partial charge in [-0.25, -0.2) is 0 Å². The number of hydrogen-bond acceptors (Lipinski definition) is 2. The maximum Gasteiger partial charge on any atom is 0.285 e. The van der Waals surface area contributed by atoms with Crippen molar-refractivity contribution in [1.82, 2.24) is 0 Å². The highest BCUT2D eigenvalue weighted by Crippen LogP contribution is 2.29. The molecule has 2 atom stereocenters. The number of benzene rings is 2. The van der Waals surface area contributed by atoms with Gasteiger partial charge in [0.15, 0.2) is 6.04 Å². The molecule has 0 bridgehead atoms. The first-order valence-electron chi connectivity index (χ1n) is 8.33. The van der Waals surface area contributed by atoms with Crippen LogP contribution in [0.1, 0.15) is 12.5 Å². The van der Waals surface area contributed by atoms with E-state index in [1.54, 1.807) is 17.0 Å². The molecule has 2 aromatic carbocycles. The third kappa shape index (κ3) is 3.85. The number of nitrogens with one attached hydrogen (secondary N) is 2. The summed E-state index contributed by atoms with van der Waals surface area (Å²) < 4.78 is 0. The van der Waals surface area contributed by atoms with Gasteiger partial charge in [-0.05, 0) is 31.2 Å². The van der Waals surface area contributed by atoms with E-state index in [4.69, 9.17) is 23.2 Å². The first kappa shape index (κ1) is 18.7. The smallest absolute Gasteiger partial charge is 0.285 e. The van der Waals surface area contributed by atoms with Crippen molar-refractivity contribution >= 4 is 46.4 Å². The zero-order chi connectivity index (χ0) is 18.8. The fraction of sp³-hybridized carbons (Fsp3) is 0.263. The largest absolute Gasteiger partial charge is 0.324 e. The van der Waals surface area contributed by atoms with Crippen molar-refractivity contribution in [2.75, 3.05) is 23.8 Å². The molecule has 0 fully saturated rings. The fourth-order valence-electron chi connectivity index (χ4n) is 3.00. The molecule has 0 radical (unpaired) electrons. The molecule has 26 heavy (non-hydrogen) atoms. The first-order valence-corrected chi connectivity index (χ1v) is 9.09. The number of para-hydroxylation sites is 2. The van der Waals surface area contributed by atoms with E-state index < -0.39 is 0 Å². The van der Waals surface area contributed by atoms with Gasteiger partial charge in [-0.1, -0.05) is 41.4 Å². The maximum absolute atomic E-state index is 13.0. The van der Waals surface area contributed by atoms with Crippen molar-refractivity contribution in [2.45, 2.75) is 19.5 Å². The molecule has 1 unspecified atom stereocenters. The van der Waals surface area contributed by atoms with Crippen LogP contribution in [-0.4, -0.2) is 31.4 Å². The minimum Gasteiger partial charge on any atom is -0.324 e. The number of anilines is 2. The lowest BCUT2D eigenvalue weighted by Crippen LogP contribution is -3.12. The number of carbonyl (C=O) groups is 2. The molecule has 7 heteroatoms. The van der Waals surface area contributed by atoms with Crippen molar-refractivity contribution in [1.29, 1.82) is 0 Å². The Balaban J connectivity index is 1.76. The van der Waals surface area contributed by atoms with Gasteiger partial charge in [0.05, 0.1) is 28.5 Å². The minimum atomic E-state index is -0.330. The van der Waals surface area contributed by atoms with Crippen molar-refractivity contribution < 1.29 is 14.5 Å². The summed E-state index contributed by atoms with van der Waals surface area (Å²) in [6.07, 6.45) is 0. The Labute approximate surface area is 162 Å². The third-order valence-corrected chi connectivity index (χ3v) is 5.35. The fourth-order valence-corrected chi connectivity index (χ4v) is 3.32. The number of halogens is 2. The lowest BCUT2D eigenvalue weighted by Gasteiger charge is -2.32. The van der Waals surface area contributed by atoms with Crippen molar-refractivity contribution in [3.8, 4) is 0 Å². The van der Waals surface area contributed by atoms with Crippen LogP contribution in [0.15, 0.2) is 42.5 Å². The number of amides is 2. The molecule has 3 rings (SSSR count). The molecule has 5 nitrogen and oxygen atoms in total. The molecule has 0 saturated heterocycles. The molecule has 0 aromatic heterocycles. The normalized spacial score (nSPS) is 15.8. The second-order valence-corrected chi connectivity index (χ2v) is 7.30. The topological polar surface area (TPSA) is 53.9 Å². The first-order chi connectivity index (χ1) is 12.4. The van der Waals surface area contributed by atoms with Gasteiger partial charge in [0.25, 0.3) is 5.91 Å². The van der Waals surface area contributed by atoms with E-state index in [0.717, 1.165) is 16.2 Å². The van der Waals surface area contributed by atoms with Crippen LogP contribution in [0.4, 0.5) is 11.4 Å². The minimum absolute atomic E-state index is 0.0280. The lowest BCUT2D eigenvalue weighted by atomic mass is 10.1. The van der Waals surface area contributed by atoms with Crippen molar-refractivity contribution in [2.24, 2.45) is 0 Å². The van der Waals surface area contributed by atoms with Gasteiger partial charge in [-0.3, -0.25) is 14.5 Å². The van der Waals surface area contributed by atoms with Gasteiger partial charge in [0, 0.05) is 5.56 Å². The average Bonchev–Trinajstić information content (AvgIpc) is 2.62. The van der Waals surface area contributed by atoms with Crippen molar-refractivity contribution in [3.63, 3.8) is 0 Å². The van der Waals surface area contributed by atoms with E-state index in [0.29, 0.717) is 22.3 Å². The quantitative estimate of drug-likeness (QED) is 0.838. The van der Waals surface area contributed by atoms with Gasteiger partial charge >= 0.3 is 0 Å². The summed E-state index contributed by atoms with van der Waals surface area (Å²) in [6, 6.07) is 12.5. The van der Waals surface area contributed by atoms with E-state index in [9.17, 15) is 9.59 Å². The second-order valence-electron chi connectivity index (χ2n) is 6.48. The Bertz CT molecular complexity index is 856. The summed E-state index contributed by atoms with van der Waals surface area (Å²) in [6.45, 7) is 2.51. The van der Waals surface area contributed by atoms with Crippen LogP contribution in [0.5, 0.6) is 0 Å². The molecule has 2 N–H and O–H groups in total. The highest BCUT2D eigenvalue weighted by atomic mass is 35.5. The van der Waals surface area contributed by atoms with Crippen LogP contribution < -0.4 is 15.1 Å². The van der Waals surface area contributed by atoms with E-state index in [1.807, 2.05) is 44.3 Å². The summed E-state index contributed by atoms with van der Waals surface area (Å²) in [5.41, 5.74) is 2.38. The Morgan fingerprint density at radius 1 is 1.23 bits per heavy atom. The number of hydrogen-bond donors (Lipinski definition) is 2. The summed E-state index contributed by atoms with van der Waals surface area (Å²) >= 11 is 12.0. The van der Waals surface area contributed by atoms with E-state index in [2.05, 4.69) is 5.32 Å². The molecule has 1 heterocycles. The number of carbonyl (C=O) groups excluding carboxylic acids is 2. The summed E-state index contributed by atoms with van der Waals surface area (Å²) in [5.74, 6) is -0.281. The molecule has 136 valence electrons. The zero-order valence-corrected chi connectivity index (χ0v) is 16.1. The van der Waals surface area contributed by atoms with E-state index in [-0.39, 0.29) is 24.4 Å². The molecule has 0 saturated carbocycles. The monoisotopic (exact) mass is 392 g/mol. The number of fused-ring (bicyclic) bond motifs is 1. The van der Waals surface area contributed by atoms with Gasteiger partial charge in [0.1, 0.15) is 13.1 Å². The molecule has 0 spiro atoms. The van der Waals surface area contributed by atoms with Crippen LogP contribution in [0.2, 0.25) is 10.0 Å². The maximum atomic E-state index is 13.0. The number of nitrogens with zero attached hydrogens (tertiary/aromatic N) is 1. The second kappa shape index (κ2) is 7.66. The third-order valence-electron chi connectivity index (χ3n) is 4.61. The zero-order valence-electron chi connectivity index (χ0n) is 14.6. The number of likely N-dealkylation sites (N-methyl/N-ethyl adjacent to an activating group) is 1.